The Balaban J connectivity index is 2.33. The minimum Gasteiger partial charge on any atom is -0.361 e. The molecule has 0 fully saturated rings. The van der Waals surface area contributed by atoms with Crippen LogP contribution >= 0.6 is 0 Å². The van der Waals surface area contributed by atoms with Gasteiger partial charge >= 0.3 is 0 Å². The minimum absolute atomic E-state index is 0.0388. The highest BCUT2D eigenvalue weighted by Crippen LogP contribution is 2.16. The van der Waals surface area contributed by atoms with Crippen molar-refractivity contribution >= 4 is 5.91 Å². The van der Waals surface area contributed by atoms with E-state index in [1.807, 2.05) is 12.1 Å². The summed E-state index contributed by atoms with van der Waals surface area (Å²) in [6, 6.07) is 10.1. The summed E-state index contributed by atoms with van der Waals surface area (Å²) in [6.07, 6.45) is 1.61. The molecule has 1 aromatic heterocycles. The predicted octanol–water partition coefficient (Wildman–Crippen LogP) is 1.74. The maximum Gasteiger partial charge on any atom is 0.253 e. The van der Waals surface area contributed by atoms with Gasteiger partial charge in [-0.1, -0.05) is 12.1 Å². The molecule has 1 N–H and O–H groups in total. The zero-order valence-electron chi connectivity index (χ0n) is 10.3. The largest absolute Gasteiger partial charge is 0.361 e. The Hall–Kier alpha value is -2.36. The molecule has 0 bridgehead atoms. The molecule has 0 saturated carbocycles. The second kappa shape index (κ2) is 4.87. The molecule has 18 heavy (non-hydrogen) atoms. The third-order valence-corrected chi connectivity index (χ3v) is 2.62. The first-order valence-corrected chi connectivity index (χ1v) is 5.59. The van der Waals surface area contributed by atoms with Crippen LogP contribution in [0.3, 0.4) is 0 Å². The van der Waals surface area contributed by atoms with E-state index < -0.39 is 0 Å². The number of amides is 1. The summed E-state index contributed by atoms with van der Waals surface area (Å²) in [7, 11) is 3.43. The van der Waals surface area contributed by atoms with Gasteiger partial charge in [-0.3, -0.25) is 9.59 Å². The number of carbonyl (C=O) groups is 1. The van der Waals surface area contributed by atoms with Crippen molar-refractivity contribution in [2.75, 3.05) is 14.1 Å². The lowest BCUT2D eigenvalue weighted by molar-refractivity contribution is 0.0827. The van der Waals surface area contributed by atoms with E-state index in [1.54, 1.807) is 32.4 Å². The van der Waals surface area contributed by atoms with Gasteiger partial charge in [0.05, 0.1) is 0 Å². The number of benzene rings is 1. The van der Waals surface area contributed by atoms with Crippen LogP contribution in [0.15, 0.2) is 47.4 Å². The van der Waals surface area contributed by atoms with Crippen LogP contribution in [-0.2, 0) is 0 Å². The monoisotopic (exact) mass is 242 g/mol. The van der Waals surface area contributed by atoms with Crippen LogP contribution in [-0.4, -0.2) is 29.9 Å². The normalized spacial score (nSPS) is 10.1. The van der Waals surface area contributed by atoms with E-state index in [0.717, 1.165) is 11.3 Å². The van der Waals surface area contributed by atoms with Crippen LogP contribution in [0.25, 0.3) is 11.3 Å². The molecule has 0 atom stereocenters. The van der Waals surface area contributed by atoms with Gasteiger partial charge in [-0.25, -0.2) is 0 Å². The molecule has 0 unspecified atom stereocenters. The summed E-state index contributed by atoms with van der Waals surface area (Å²) < 4.78 is 0. The Morgan fingerprint density at radius 2 is 1.78 bits per heavy atom. The molecular weight excluding hydrogens is 228 g/mol. The molecule has 0 radical (unpaired) electrons. The van der Waals surface area contributed by atoms with Gasteiger partial charge in [0.1, 0.15) is 0 Å². The predicted molar refractivity (Wildman–Crippen MR) is 70.5 cm³/mol. The number of nitrogens with zero attached hydrogens (tertiary/aromatic N) is 1. The highest BCUT2D eigenvalue weighted by atomic mass is 16.2. The van der Waals surface area contributed by atoms with Crippen molar-refractivity contribution in [3.8, 4) is 11.3 Å². The van der Waals surface area contributed by atoms with Crippen LogP contribution in [0.1, 0.15) is 10.4 Å². The molecule has 1 aromatic carbocycles. The van der Waals surface area contributed by atoms with Crippen LogP contribution in [0.4, 0.5) is 0 Å². The van der Waals surface area contributed by atoms with E-state index >= 15 is 0 Å². The summed E-state index contributed by atoms with van der Waals surface area (Å²) in [6.45, 7) is 0. The number of hydrogen-bond donors (Lipinski definition) is 1. The van der Waals surface area contributed by atoms with Crippen molar-refractivity contribution in [1.82, 2.24) is 9.88 Å². The topological polar surface area (TPSA) is 53.2 Å². The smallest absolute Gasteiger partial charge is 0.253 e. The van der Waals surface area contributed by atoms with E-state index in [9.17, 15) is 9.59 Å². The minimum atomic E-state index is -0.0443. The van der Waals surface area contributed by atoms with E-state index in [4.69, 9.17) is 0 Å². The van der Waals surface area contributed by atoms with Crippen LogP contribution in [0.5, 0.6) is 0 Å². The zero-order chi connectivity index (χ0) is 13.1. The number of rotatable bonds is 2. The zero-order valence-corrected chi connectivity index (χ0v) is 10.3. The molecule has 4 heteroatoms. The average Bonchev–Trinajstić information content (AvgIpc) is 2.38. The van der Waals surface area contributed by atoms with Crippen molar-refractivity contribution in [3.63, 3.8) is 0 Å². The number of hydrogen-bond acceptors (Lipinski definition) is 2. The Labute approximate surface area is 105 Å². The number of aromatic nitrogens is 1. The van der Waals surface area contributed by atoms with Crippen molar-refractivity contribution in [3.05, 3.63) is 58.4 Å². The standard InChI is InChI=1S/C14H14N2O2/c1-16(2)14(18)11-5-3-10(4-6-11)13-9-12(17)7-8-15-13/h3-9H,1-2H3,(H,15,17). The molecule has 0 aliphatic carbocycles. The highest BCUT2D eigenvalue weighted by molar-refractivity contribution is 5.94. The van der Waals surface area contributed by atoms with Gasteiger partial charge in [0.25, 0.3) is 5.91 Å². The fourth-order valence-electron chi connectivity index (χ4n) is 1.66. The molecule has 0 spiro atoms. The first kappa shape index (κ1) is 12.1. The van der Waals surface area contributed by atoms with E-state index in [0.29, 0.717) is 5.56 Å². The van der Waals surface area contributed by atoms with Crippen LogP contribution in [0, 0.1) is 0 Å². The molecule has 1 heterocycles. The van der Waals surface area contributed by atoms with Crippen molar-refractivity contribution < 1.29 is 4.79 Å². The fourth-order valence-corrected chi connectivity index (χ4v) is 1.66. The second-order valence-corrected chi connectivity index (χ2v) is 4.21. The van der Waals surface area contributed by atoms with Crippen molar-refractivity contribution in [2.45, 2.75) is 0 Å². The molecule has 2 aromatic rings. The van der Waals surface area contributed by atoms with Gasteiger partial charge in [-0.05, 0) is 17.7 Å². The SMILES string of the molecule is CN(C)C(=O)c1ccc(-c2cc(=O)cc[nH]2)cc1. The first-order valence-electron chi connectivity index (χ1n) is 5.59. The van der Waals surface area contributed by atoms with Crippen LogP contribution in [0.2, 0.25) is 0 Å². The van der Waals surface area contributed by atoms with Gasteiger partial charge in [-0.2, -0.15) is 0 Å². The molecule has 0 aliphatic heterocycles. The van der Waals surface area contributed by atoms with E-state index in [2.05, 4.69) is 4.98 Å². The van der Waals surface area contributed by atoms with Gasteiger partial charge < -0.3 is 9.88 Å². The Kier molecular flexibility index (Phi) is 3.28. The summed E-state index contributed by atoms with van der Waals surface area (Å²) in [5.74, 6) is -0.0388. The third-order valence-electron chi connectivity index (χ3n) is 2.62. The van der Waals surface area contributed by atoms with E-state index in [1.165, 1.54) is 17.0 Å². The van der Waals surface area contributed by atoms with Gasteiger partial charge in [0.2, 0.25) is 0 Å². The molecule has 1 amide bonds. The van der Waals surface area contributed by atoms with Crippen molar-refractivity contribution in [1.29, 1.82) is 0 Å². The van der Waals surface area contributed by atoms with Gasteiger partial charge in [0, 0.05) is 43.7 Å². The molecule has 2 rings (SSSR count). The Morgan fingerprint density at radius 1 is 1.11 bits per heavy atom. The molecule has 0 saturated heterocycles. The maximum absolute atomic E-state index is 11.7. The first-order chi connectivity index (χ1) is 8.58. The average molecular weight is 242 g/mol. The summed E-state index contributed by atoms with van der Waals surface area (Å²) in [4.78, 5) is 27.5. The lowest BCUT2D eigenvalue weighted by atomic mass is 10.1. The number of nitrogens with one attached hydrogen (secondary N) is 1. The molecule has 92 valence electrons. The lowest BCUT2D eigenvalue weighted by Crippen LogP contribution is -2.21. The Bertz CT molecular complexity index is 612. The summed E-state index contributed by atoms with van der Waals surface area (Å²) in [5.41, 5.74) is 2.20. The summed E-state index contributed by atoms with van der Waals surface area (Å²) >= 11 is 0. The third kappa shape index (κ3) is 2.48. The number of H-pyrrole nitrogens is 1. The number of aromatic amines is 1. The quantitative estimate of drug-likeness (QED) is 0.872. The van der Waals surface area contributed by atoms with Crippen molar-refractivity contribution in [2.24, 2.45) is 0 Å². The lowest BCUT2D eigenvalue weighted by Gasteiger charge is -2.10. The van der Waals surface area contributed by atoms with Gasteiger partial charge in [-0.15, -0.1) is 0 Å². The van der Waals surface area contributed by atoms with Crippen LogP contribution < -0.4 is 5.43 Å². The number of pyridine rings is 1. The summed E-state index contributed by atoms with van der Waals surface area (Å²) in [5, 5.41) is 0. The number of carbonyl (C=O) groups excluding carboxylic acids is 1. The van der Waals surface area contributed by atoms with E-state index in [-0.39, 0.29) is 11.3 Å². The molecule has 4 nitrogen and oxygen atoms in total. The molecular formula is C14H14N2O2. The molecule has 0 aliphatic rings. The van der Waals surface area contributed by atoms with Gasteiger partial charge in [0.15, 0.2) is 5.43 Å². The maximum atomic E-state index is 11.7. The highest BCUT2D eigenvalue weighted by Gasteiger charge is 2.07. The fraction of sp³-hybridized carbons (Fsp3) is 0.143. The Morgan fingerprint density at radius 3 is 2.33 bits per heavy atom. The second-order valence-electron chi connectivity index (χ2n) is 4.21.